The molecule has 6 rings (SSSR count). The topological polar surface area (TPSA) is 78.9 Å². The average Bonchev–Trinajstić information content (AvgIpc) is 3.12. The van der Waals surface area contributed by atoms with Gasteiger partial charge in [-0.15, -0.1) is 10.2 Å². The third-order valence-corrected chi connectivity index (χ3v) is 8.06. The van der Waals surface area contributed by atoms with Gasteiger partial charge in [-0.1, -0.05) is 84.9 Å². The van der Waals surface area contributed by atoms with E-state index in [-0.39, 0.29) is 18.4 Å². The van der Waals surface area contributed by atoms with Crippen LogP contribution in [-0.2, 0) is 11.3 Å². The Bertz CT molecular complexity index is 1700. The van der Waals surface area contributed by atoms with E-state index < -0.39 is 0 Å². The summed E-state index contributed by atoms with van der Waals surface area (Å²) in [6.45, 7) is 2.69. The van der Waals surface area contributed by atoms with Crippen LogP contribution >= 0.6 is 0 Å². The van der Waals surface area contributed by atoms with Gasteiger partial charge in [0.1, 0.15) is 12.3 Å². The number of carbonyl (C=O) groups excluding carboxylic acids is 2. The van der Waals surface area contributed by atoms with E-state index in [1.165, 1.54) is 5.56 Å². The Morgan fingerprint density at radius 3 is 1.93 bits per heavy atom. The smallest absolute Gasteiger partial charge is 0.254 e. The number of carbonyl (C=O) groups is 2. The number of anilines is 1. The predicted octanol–water partition coefficient (Wildman–Crippen LogP) is 5.81. The third-order valence-electron chi connectivity index (χ3n) is 8.06. The third kappa shape index (κ3) is 7.18. The first kappa shape index (κ1) is 29.6. The fraction of sp³-hybridized carbons (Fsp3) is 0.189. The van der Waals surface area contributed by atoms with Gasteiger partial charge in [-0.3, -0.25) is 9.59 Å². The van der Waals surface area contributed by atoms with Crippen LogP contribution in [0.3, 0.4) is 0 Å². The predicted molar refractivity (Wildman–Crippen MR) is 176 cm³/mol. The van der Waals surface area contributed by atoms with Crippen LogP contribution in [0.25, 0.3) is 22.4 Å². The van der Waals surface area contributed by atoms with Crippen molar-refractivity contribution >= 4 is 17.6 Å². The molecule has 0 radical (unpaired) electrons. The van der Waals surface area contributed by atoms with Crippen molar-refractivity contribution in [1.29, 1.82) is 0 Å². The Hall–Kier alpha value is -5.50. The number of rotatable bonds is 9. The van der Waals surface area contributed by atoms with Crippen molar-refractivity contribution < 1.29 is 14.3 Å². The first-order valence-corrected chi connectivity index (χ1v) is 15.1. The molecule has 0 atom stereocenters. The number of piperazine rings is 1. The van der Waals surface area contributed by atoms with Crippen LogP contribution in [0.4, 0.5) is 5.82 Å². The highest BCUT2D eigenvalue weighted by molar-refractivity contribution is 5.96. The summed E-state index contributed by atoms with van der Waals surface area (Å²) in [5, 5.41) is 9.00. The van der Waals surface area contributed by atoms with Crippen molar-refractivity contribution in [3.63, 3.8) is 0 Å². The van der Waals surface area contributed by atoms with Gasteiger partial charge in [0, 0.05) is 43.9 Å². The van der Waals surface area contributed by atoms with Gasteiger partial charge in [-0.2, -0.15) is 0 Å². The number of hydrogen-bond acceptors (Lipinski definition) is 6. The molecular weight excluding hydrogens is 562 g/mol. The first-order chi connectivity index (χ1) is 22.1. The summed E-state index contributed by atoms with van der Waals surface area (Å²) in [5.74, 6) is 1.19. The van der Waals surface area contributed by atoms with Crippen molar-refractivity contribution in [1.82, 2.24) is 20.0 Å². The van der Waals surface area contributed by atoms with Crippen molar-refractivity contribution in [2.75, 3.05) is 44.7 Å². The lowest BCUT2D eigenvalue weighted by Crippen LogP contribution is -2.52. The molecule has 8 heteroatoms. The fourth-order valence-electron chi connectivity index (χ4n) is 5.48. The van der Waals surface area contributed by atoms with E-state index in [0.29, 0.717) is 44.0 Å². The normalized spacial score (nSPS) is 12.9. The Morgan fingerprint density at radius 2 is 1.31 bits per heavy atom. The fourth-order valence-corrected chi connectivity index (χ4v) is 5.48. The molecular formula is C37H35N5O3. The molecule has 1 aromatic heterocycles. The van der Waals surface area contributed by atoms with Gasteiger partial charge in [-0.25, -0.2) is 0 Å². The summed E-state index contributed by atoms with van der Waals surface area (Å²) >= 11 is 0. The molecule has 1 fully saturated rings. The highest BCUT2D eigenvalue weighted by Crippen LogP contribution is 2.25. The highest BCUT2D eigenvalue weighted by Gasteiger charge is 2.26. The molecule has 5 aromatic rings. The molecule has 1 aliphatic rings. The summed E-state index contributed by atoms with van der Waals surface area (Å²) in [4.78, 5) is 32.5. The standard InChI is InChI=1S/C37H35N5O3/c1-45-33-18-16-32(17-19-33)37(44)42(26-28-8-4-2-5-9-28)27-36(43)41-24-22-40(23-25-41)35-21-20-34(38-39-35)31-14-12-30(13-15-31)29-10-6-3-7-11-29/h2-21H,22-27H2,1H3. The van der Waals surface area contributed by atoms with Crippen LogP contribution < -0.4 is 9.64 Å². The molecule has 2 heterocycles. The molecule has 4 aromatic carbocycles. The van der Waals surface area contributed by atoms with Gasteiger partial charge >= 0.3 is 0 Å². The Kier molecular flexibility index (Phi) is 9.11. The van der Waals surface area contributed by atoms with Crippen LogP contribution in [0.5, 0.6) is 5.75 Å². The zero-order valence-corrected chi connectivity index (χ0v) is 25.3. The number of hydrogen-bond donors (Lipinski definition) is 0. The highest BCUT2D eigenvalue weighted by atomic mass is 16.5. The summed E-state index contributed by atoms with van der Waals surface area (Å²) in [5.41, 5.74) is 5.63. The molecule has 2 amide bonds. The van der Waals surface area contributed by atoms with E-state index in [1.807, 2.05) is 65.6 Å². The Balaban J connectivity index is 1.07. The van der Waals surface area contributed by atoms with Crippen molar-refractivity contribution in [2.45, 2.75) is 6.54 Å². The van der Waals surface area contributed by atoms with Crippen LogP contribution in [0.2, 0.25) is 0 Å². The maximum atomic E-state index is 13.5. The maximum absolute atomic E-state index is 13.5. The molecule has 0 aliphatic carbocycles. The molecule has 226 valence electrons. The molecule has 45 heavy (non-hydrogen) atoms. The summed E-state index contributed by atoms with van der Waals surface area (Å²) < 4.78 is 5.24. The number of amides is 2. The molecule has 1 aliphatic heterocycles. The SMILES string of the molecule is COc1ccc(C(=O)N(CC(=O)N2CCN(c3ccc(-c4ccc(-c5ccccc5)cc4)nn3)CC2)Cc2ccccc2)cc1. The second-order valence-corrected chi connectivity index (χ2v) is 11.0. The van der Waals surface area contributed by atoms with Gasteiger partial charge in [0.05, 0.1) is 12.8 Å². The average molecular weight is 598 g/mol. The largest absolute Gasteiger partial charge is 0.497 e. The van der Waals surface area contributed by atoms with E-state index >= 15 is 0 Å². The van der Waals surface area contributed by atoms with Crippen LogP contribution in [0.15, 0.2) is 121 Å². The number of benzene rings is 4. The van der Waals surface area contributed by atoms with Crippen LogP contribution in [-0.4, -0.2) is 71.6 Å². The summed E-state index contributed by atoms with van der Waals surface area (Å²) in [6, 6.07) is 39.3. The Labute approximate surface area is 263 Å². The first-order valence-electron chi connectivity index (χ1n) is 15.1. The lowest BCUT2D eigenvalue weighted by atomic mass is 10.0. The number of aromatic nitrogens is 2. The number of ether oxygens (including phenoxy) is 1. The molecule has 8 nitrogen and oxygen atoms in total. The molecule has 1 saturated heterocycles. The summed E-state index contributed by atoms with van der Waals surface area (Å²) in [7, 11) is 1.59. The zero-order valence-electron chi connectivity index (χ0n) is 25.3. The van der Waals surface area contributed by atoms with Crippen molar-refractivity contribution in [3.8, 4) is 28.1 Å². The van der Waals surface area contributed by atoms with Gasteiger partial charge in [0.25, 0.3) is 5.91 Å². The van der Waals surface area contributed by atoms with E-state index in [1.54, 1.807) is 36.3 Å². The minimum absolute atomic E-state index is 0.00266. The Morgan fingerprint density at radius 1 is 0.689 bits per heavy atom. The molecule has 0 unspecified atom stereocenters. The quantitative estimate of drug-likeness (QED) is 0.213. The number of methoxy groups -OCH3 is 1. The van der Waals surface area contributed by atoms with Gasteiger partial charge in [0.2, 0.25) is 5.91 Å². The minimum atomic E-state index is -0.196. The monoisotopic (exact) mass is 597 g/mol. The second kappa shape index (κ2) is 13.9. The molecule has 0 spiro atoms. The van der Waals surface area contributed by atoms with Gasteiger partial charge < -0.3 is 19.4 Å². The van der Waals surface area contributed by atoms with Crippen molar-refractivity contribution in [2.24, 2.45) is 0 Å². The second-order valence-electron chi connectivity index (χ2n) is 11.0. The van der Waals surface area contributed by atoms with Gasteiger partial charge in [0.15, 0.2) is 5.82 Å². The molecule has 0 bridgehead atoms. The minimum Gasteiger partial charge on any atom is -0.497 e. The summed E-state index contributed by atoms with van der Waals surface area (Å²) in [6.07, 6.45) is 0. The van der Waals surface area contributed by atoms with Gasteiger partial charge in [-0.05, 0) is 53.1 Å². The lowest BCUT2D eigenvalue weighted by Gasteiger charge is -2.36. The lowest BCUT2D eigenvalue weighted by molar-refractivity contribution is -0.132. The zero-order chi connectivity index (χ0) is 31.0. The maximum Gasteiger partial charge on any atom is 0.254 e. The van der Waals surface area contributed by atoms with E-state index in [9.17, 15) is 9.59 Å². The van der Waals surface area contributed by atoms with E-state index in [4.69, 9.17) is 4.74 Å². The molecule has 0 N–H and O–H groups in total. The van der Waals surface area contributed by atoms with Crippen LogP contribution in [0.1, 0.15) is 15.9 Å². The molecule has 0 saturated carbocycles. The number of nitrogens with zero attached hydrogens (tertiary/aromatic N) is 5. The van der Waals surface area contributed by atoms with Crippen molar-refractivity contribution in [3.05, 3.63) is 132 Å². The van der Waals surface area contributed by atoms with E-state index in [2.05, 4.69) is 51.5 Å². The van der Waals surface area contributed by atoms with Crippen LogP contribution in [0, 0.1) is 0 Å². The van der Waals surface area contributed by atoms with E-state index in [0.717, 1.165) is 28.2 Å².